The topological polar surface area (TPSA) is 42.7 Å². The minimum Gasteiger partial charge on any atom is -0.307 e. The minimum absolute atomic E-state index is 0.146. The molecule has 1 N–H and O–H groups in total. The second kappa shape index (κ2) is 4.35. The van der Waals surface area contributed by atoms with Crippen LogP contribution in [0.5, 0.6) is 0 Å². The van der Waals surface area contributed by atoms with Crippen molar-refractivity contribution in [2.75, 3.05) is 7.05 Å². The number of hydrogen-bond acceptors (Lipinski definition) is 4. The molecule has 0 aromatic carbocycles. The Balaban J connectivity index is 2.40. The van der Waals surface area contributed by atoms with Crippen molar-refractivity contribution >= 4 is 11.3 Å². The first kappa shape index (κ1) is 11.3. The van der Waals surface area contributed by atoms with Crippen LogP contribution in [0, 0.1) is 13.8 Å². The summed E-state index contributed by atoms with van der Waals surface area (Å²) in [5, 5.41) is 10.8. The molecule has 2 aromatic rings. The number of rotatable bonds is 3. The van der Waals surface area contributed by atoms with Gasteiger partial charge in [-0.1, -0.05) is 0 Å². The molecule has 0 aliphatic heterocycles. The molecule has 0 amide bonds. The molecule has 1 atom stereocenters. The van der Waals surface area contributed by atoms with E-state index in [4.69, 9.17) is 0 Å². The van der Waals surface area contributed by atoms with Crippen LogP contribution in [0.2, 0.25) is 0 Å². The zero-order valence-corrected chi connectivity index (χ0v) is 10.8. The van der Waals surface area contributed by atoms with Crippen LogP contribution in [0.3, 0.4) is 0 Å². The van der Waals surface area contributed by atoms with Crippen LogP contribution in [0.25, 0.3) is 0 Å². The Bertz CT molecular complexity index is 486. The molecule has 86 valence electrons. The van der Waals surface area contributed by atoms with Crippen LogP contribution in [0.4, 0.5) is 0 Å². The second-order valence-electron chi connectivity index (χ2n) is 3.89. The highest BCUT2D eigenvalue weighted by molar-refractivity contribution is 7.09. The van der Waals surface area contributed by atoms with E-state index in [2.05, 4.69) is 20.8 Å². The Morgan fingerprint density at radius 1 is 1.44 bits per heavy atom. The van der Waals surface area contributed by atoms with Gasteiger partial charge in [-0.25, -0.2) is 4.98 Å². The molecular weight excluding hydrogens is 220 g/mol. The van der Waals surface area contributed by atoms with E-state index in [9.17, 15) is 0 Å². The van der Waals surface area contributed by atoms with Crippen LogP contribution >= 0.6 is 11.3 Å². The van der Waals surface area contributed by atoms with Crippen molar-refractivity contribution in [2.24, 2.45) is 7.05 Å². The van der Waals surface area contributed by atoms with E-state index < -0.39 is 0 Å². The molecule has 2 aromatic heterocycles. The SMILES string of the molecule is CNC(c1nc(C)cs1)c1cn(C)nc1C. The summed E-state index contributed by atoms with van der Waals surface area (Å²) in [7, 11) is 3.89. The number of aromatic nitrogens is 3. The predicted molar refractivity (Wildman–Crippen MR) is 65.7 cm³/mol. The van der Waals surface area contributed by atoms with Gasteiger partial charge < -0.3 is 5.32 Å². The van der Waals surface area contributed by atoms with Crippen molar-refractivity contribution < 1.29 is 0 Å². The van der Waals surface area contributed by atoms with E-state index in [0.717, 1.165) is 16.4 Å². The van der Waals surface area contributed by atoms with Gasteiger partial charge in [0.05, 0.1) is 11.7 Å². The fraction of sp³-hybridized carbons (Fsp3) is 0.455. The molecule has 1 unspecified atom stereocenters. The van der Waals surface area contributed by atoms with Gasteiger partial charge in [-0.15, -0.1) is 11.3 Å². The van der Waals surface area contributed by atoms with Gasteiger partial charge in [0.25, 0.3) is 0 Å². The Labute approximate surface area is 99.3 Å². The summed E-state index contributed by atoms with van der Waals surface area (Å²) >= 11 is 1.68. The highest BCUT2D eigenvalue weighted by Crippen LogP contribution is 2.26. The van der Waals surface area contributed by atoms with Crippen LogP contribution < -0.4 is 5.32 Å². The van der Waals surface area contributed by atoms with Gasteiger partial charge >= 0.3 is 0 Å². The zero-order valence-electron chi connectivity index (χ0n) is 9.98. The fourth-order valence-electron chi connectivity index (χ4n) is 1.82. The molecule has 0 radical (unpaired) electrons. The molecule has 0 aliphatic carbocycles. The second-order valence-corrected chi connectivity index (χ2v) is 4.78. The van der Waals surface area contributed by atoms with Crippen molar-refractivity contribution in [2.45, 2.75) is 19.9 Å². The van der Waals surface area contributed by atoms with Crippen LogP contribution in [-0.4, -0.2) is 21.8 Å². The first-order valence-electron chi connectivity index (χ1n) is 5.21. The van der Waals surface area contributed by atoms with Crippen LogP contribution in [0.15, 0.2) is 11.6 Å². The van der Waals surface area contributed by atoms with Gasteiger partial charge in [0.15, 0.2) is 0 Å². The molecule has 2 heterocycles. The summed E-state index contributed by atoms with van der Waals surface area (Å²) in [4.78, 5) is 4.53. The Hall–Kier alpha value is -1.20. The Kier molecular flexibility index (Phi) is 3.07. The van der Waals surface area contributed by atoms with Gasteiger partial charge in [-0.2, -0.15) is 5.10 Å². The van der Waals surface area contributed by atoms with Crippen LogP contribution in [-0.2, 0) is 7.05 Å². The fourth-order valence-corrected chi connectivity index (χ4v) is 2.74. The van der Waals surface area contributed by atoms with Gasteiger partial charge in [0.2, 0.25) is 0 Å². The van der Waals surface area contributed by atoms with Crippen molar-refractivity contribution in [1.82, 2.24) is 20.1 Å². The minimum atomic E-state index is 0.146. The molecule has 0 saturated carbocycles. The van der Waals surface area contributed by atoms with Gasteiger partial charge in [-0.05, 0) is 20.9 Å². The molecule has 0 saturated heterocycles. The quantitative estimate of drug-likeness (QED) is 0.883. The highest BCUT2D eigenvalue weighted by atomic mass is 32.1. The maximum absolute atomic E-state index is 4.53. The third-order valence-corrected chi connectivity index (χ3v) is 3.56. The summed E-state index contributed by atoms with van der Waals surface area (Å²) in [6.45, 7) is 4.04. The van der Waals surface area contributed by atoms with Gasteiger partial charge in [0.1, 0.15) is 5.01 Å². The molecule has 4 nitrogen and oxygen atoms in total. The third kappa shape index (κ3) is 2.01. The lowest BCUT2D eigenvalue weighted by atomic mass is 10.1. The molecular formula is C11H16N4S. The number of nitrogens with zero attached hydrogens (tertiary/aromatic N) is 3. The summed E-state index contributed by atoms with van der Waals surface area (Å²) < 4.78 is 1.84. The summed E-state index contributed by atoms with van der Waals surface area (Å²) in [5.74, 6) is 0. The first-order valence-corrected chi connectivity index (χ1v) is 6.09. The number of thiazole rings is 1. The number of nitrogens with one attached hydrogen (secondary N) is 1. The van der Waals surface area contributed by atoms with Crippen LogP contribution in [0.1, 0.15) is 28.0 Å². The summed E-state index contributed by atoms with van der Waals surface area (Å²) in [6.07, 6.45) is 2.05. The lowest BCUT2D eigenvalue weighted by Crippen LogP contribution is -2.17. The molecule has 0 bridgehead atoms. The molecule has 0 fully saturated rings. The summed E-state index contributed by atoms with van der Waals surface area (Å²) in [6, 6.07) is 0.146. The standard InChI is InChI=1S/C11H16N4S/c1-7-6-16-11(13-7)10(12-3)9-5-15(4)14-8(9)2/h5-6,10,12H,1-4H3. The average Bonchev–Trinajstić information content (AvgIpc) is 2.76. The summed E-state index contributed by atoms with van der Waals surface area (Å²) in [5.41, 5.74) is 3.32. The smallest absolute Gasteiger partial charge is 0.114 e. The van der Waals surface area contributed by atoms with E-state index in [1.165, 1.54) is 5.56 Å². The van der Waals surface area contributed by atoms with E-state index in [1.807, 2.05) is 38.8 Å². The number of hydrogen-bond donors (Lipinski definition) is 1. The first-order chi connectivity index (χ1) is 7.61. The van der Waals surface area contributed by atoms with E-state index in [0.29, 0.717) is 0 Å². The molecule has 0 spiro atoms. The van der Waals surface area contributed by atoms with E-state index in [-0.39, 0.29) is 6.04 Å². The lowest BCUT2D eigenvalue weighted by Gasteiger charge is -2.12. The van der Waals surface area contributed by atoms with E-state index in [1.54, 1.807) is 11.3 Å². The van der Waals surface area contributed by atoms with Crippen molar-refractivity contribution in [3.63, 3.8) is 0 Å². The van der Waals surface area contributed by atoms with Gasteiger partial charge in [-0.3, -0.25) is 4.68 Å². The lowest BCUT2D eigenvalue weighted by molar-refractivity contribution is 0.680. The van der Waals surface area contributed by atoms with Crippen molar-refractivity contribution in [3.8, 4) is 0 Å². The maximum atomic E-state index is 4.53. The normalized spacial score (nSPS) is 13.0. The number of aryl methyl sites for hydroxylation is 3. The van der Waals surface area contributed by atoms with Gasteiger partial charge in [0, 0.05) is 29.9 Å². The molecule has 5 heteroatoms. The molecule has 0 aliphatic rings. The molecule has 16 heavy (non-hydrogen) atoms. The Morgan fingerprint density at radius 2 is 2.19 bits per heavy atom. The maximum Gasteiger partial charge on any atom is 0.114 e. The van der Waals surface area contributed by atoms with Crippen molar-refractivity contribution in [3.05, 3.63) is 33.5 Å². The predicted octanol–water partition coefficient (Wildman–Crippen LogP) is 1.80. The molecule has 2 rings (SSSR count). The van der Waals surface area contributed by atoms with Crippen molar-refractivity contribution in [1.29, 1.82) is 0 Å². The Morgan fingerprint density at radius 3 is 2.62 bits per heavy atom. The highest BCUT2D eigenvalue weighted by Gasteiger charge is 2.19. The average molecular weight is 236 g/mol. The largest absolute Gasteiger partial charge is 0.307 e. The third-order valence-electron chi connectivity index (χ3n) is 2.53. The monoisotopic (exact) mass is 236 g/mol. The zero-order chi connectivity index (χ0) is 11.7. The van der Waals surface area contributed by atoms with E-state index >= 15 is 0 Å².